The summed E-state index contributed by atoms with van der Waals surface area (Å²) in [7, 11) is 1.79. The van der Waals surface area contributed by atoms with E-state index in [2.05, 4.69) is 5.32 Å². The number of fused-ring (bicyclic) bond motifs is 1. The summed E-state index contributed by atoms with van der Waals surface area (Å²) in [6, 6.07) is 6.67. The van der Waals surface area contributed by atoms with Gasteiger partial charge in [-0.1, -0.05) is 6.07 Å². The third-order valence-electron chi connectivity index (χ3n) is 3.47. The fraction of sp³-hybridized carbons (Fsp3) is 0.200. The average Bonchev–Trinajstić information content (AvgIpc) is 3.06. The number of carbonyl (C=O) groups excluding carboxylic acids is 2. The lowest BCUT2D eigenvalue weighted by atomic mass is 10.1. The van der Waals surface area contributed by atoms with Crippen LogP contribution in [0.5, 0.6) is 0 Å². The molecule has 0 radical (unpaired) electrons. The van der Waals surface area contributed by atoms with Crippen LogP contribution in [-0.2, 0) is 11.2 Å². The number of thiophene rings is 1. The maximum Gasteiger partial charge on any atom is 0.296 e. The normalized spacial score (nSPS) is 13.2. The standard InChI is InChI=1S/C15H13FN2O2S/c1-18(5-4-9-3-2-6-21-9)13-8-12-10(7-11(13)16)14(19)15(20)17-12/h2-3,6-8H,4-5H2,1H3,(H,17,19,20). The Kier molecular flexibility index (Phi) is 3.47. The van der Waals surface area contributed by atoms with E-state index in [1.54, 1.807) is 23.3 Å². The van der Waals surface area contributed by atoms with Crippen LogP contribution in [0.15, 0.2) is 29.6 Å². The Bertz CT molecular complexity index is 713. The molecule has 21 heavy (non-hydrogen) atoms. The van der Waals surface area contributed by atoms with Gasteiger partial charge < -0.3 is 10.2 Å². The van der Waals surface area contributed by atoms with Gasteiger partial charge >= 0.3 is 0 Å². The molecule has 6 heteroatoms. The molecule has 0 unspecified atom stereocenters. The molecule has 1 amide bonds. The van der Waals surface area contributed by atoms with Crippen LogP contribution < -0.4 is 10.2 Å². The zero-order valence-electron chi connectivity index (χ0n) is 11.4. The van der Waals surface area contributed by atoms with Crippen molar-refractivity contribution in [2.75, 3.05) is 23.8 Å². The Labute approximate surface area is 125 Å². The summed E-state index contributed by atoms with van der Waals surface area (Å²) in [6.45, 7) is 0.651. The number of likely N-dealkylation sites (N-methyl/N-ethyl adjacent to an activating group) is 1. The van der Waals surface area contributed by atoms with Crippen molar-refractivity contribution < 1.29 is 14.0 Å². The number of benzene rings is 1. The van der Waals surface area contributed by atoms with E-state index >= 15 is 0 Å². The van der Waals surface area contributed by atoms with Gasteiger partial charge in [0.15, 0.2) is 0 Å². The number of Topliss-reactive ketones (excluding diaryl/α,β-unsaturated/α-hetero) is 1. The molecule has 1 aliphatic heterocycles. The van der Waals surface area contributed by atoms with Crippen LogP contribution >= 0.6 is 11.3 Å². The average molecular weight is 304 g/mol. The number of nitrogens with one attached hydrogen (secondary N) is 1. The summed E-state index contributed by atoms with van der Waals surface area (Å²) in [5.74, 6) is -1.88. The molecular weight excluding hydrogens is 291 g/mol. The summed E-state index contributed by atoms with van der Waals surface area (Å²) in [4.78, 5) is 25.8. The van der Waals surface area contributed by atoms with E-state index < -0.39 is 17.5 Å². The molecule has 2 heterocycles. The van der Waals surface area contributed by atoms with E-state index in [1.165, 1.54) is 10.9 Å². The van der Waals surface area contributed by atoms with Crippen LogP contribution in [-0.4, -0.2) is 25.3 Å². The zero-order chi connectivity index (χ0) is 15.0. The van der Waals surface area contributed by atoms with Crippen molar-refractivity contribution in [3.05, 3.63) is 45.9 Å². The van der Waals surface area contributed by atoms with E-state index in [9.17, 15) is 14.0 Å². The van der Waals surface area contributed by atoms with E-state index in [1.807, 2.05) is 17.5 Å². The molecule has 0 saturated heterocycles. The molecule has 0 spiro atoms. The highest BCUT2D eigenvalue weighted by molar-refractivity contribution is 7.09. The Morgan fingerprint density at radius 2 is 2.14 bits per heavy atom. The minimum atomic E-state index is -0.706. The highest BCUT2D eigenvalue weighted by Crippen LogP contribution is 2.30. The van der Waals surface area contributed by atoms with Crippen molar-refractivity contribution in [2.24, 2.45) is 0 Å². The molecule has 0 bridgehead atoms. The van der Waals surface area contributed by atoms with Gasteiger partial charge in [-0.05, 0) is 30.0 Å². The summed E-state index contributed by atoms with van der Waals surface area (Å²) in [5.41, 5.74) is 0.859. The van der Waals surface area contributed by atoms with Crippen LogP contribution in [0.3, 0.4) is 0 Å². The number of hydrogen-bond donors (Lipinski definition) is 1. The maximum absolute atomic E-state index is 14.1. The number of halogens is 1. The third-order valence-corrected chi connectivity index (χ3v) is 4.41. The van der Waals surface area contributed by atoms with Gasteiger partial charge in [-0.15, -0.1) is 11.3 Å². The van der Waals surface area contributed by atoms with Crippen LogP contribution in [0.1, 0.15) is 15.2 Å². The summed E-state index contributed by atoms with van der Waals surface area (Å²) < 4.78 is 14.1. The van der Waals surface area contributed by atoms with Crippen molar-refractivity contribution in [1.29, 1.82) is 0 Å². The van der Waals surface area contributed by atoms with Gasteiger partial charge in [-0.3, -0.25) is 9.59 Å². The van der Waals surface area contributed by atoms with Gasteiger partial charge in [0, 0.05) is 18.5 Å². The lowest BCUT2D eigenvalue weighted by Gasteiger charge is -2.20. The second-order valence-corrected chi connectivity index (χ2v) is 5.92. The lowest BCUT2D eigenvalue weighted by Crippen LogP contribution is -2.21. The van der Waals surface area contributed by atoms with E-state index in [0.29, 0.717) is 17.9 Å². The van der Waals surface area contributed by atoms with E-state index in [-0.39, 0.29) is 5.56 Å². The van der Waals surface area contributed by atoms with Gasteiger partial charge in [0.25, 0.3) is 11.7 Å². The summed E-state index contributed by atoms with van der Waals surface area (Å²) >= 11 is 1.66. The number of anilines is 2. The van der Waals surface area contributed by atoms with E-state index in [0.717, 1.165) is 12.5 Å². The minimum Gasteiger partial charge on any atom is -0.372 e. The molecule has 1 aliphatic rings. The quantitative estimate of drug-likeness (QED) is 0.884. The van der Waals surface area contributed by atoms with Gasteiger partial charge in [-0.2, -0.15) is 0 Å². The van der Waals surface area contributed by atoms with Gasteiger partial charge in [0.2, 0.25) is 0 Å². The Hall–Kier alpha value is -2.21. The molecule has 1 aromatic heterocycles. The molecular formula is C15H13FN2O2S. The topological polar surface area (TPSA) is 49.4 Å². The highest BCUT2D eigenvalue weighted by atomic mass is 32.1. The molecule has 1 aromatic carbocycles. The predicted molar refractivity (Wildman–Crippen MR) is 80.7 cm³/mol. The number of carbonyl (C=O) groups is 2. The molecule has 0 aliphatic carbocycles. The monoisotopic (exact) mass is 304 g/mol. The number of nitrogens with zero attached hydrogens (tertiary/aromatic N) is 1. The minimum absolute atomic E-state index is 0.105. The van der Waals surface area contributed by atoms with Crippen molar-refractivity contribution in [1.82, 2.24) is 0 Å². The van der Waals surface area contributed by atoms with Gasteiger partial charge in [0.1, 0.15) is 5.82 Å². The van der Waals surface area contributed by atoms with Crippen molar-refractivity contribution in [3.63, 3.8) is 0 Å². The maximum atomic E-state index is 14.1. The first-order valence-corrected chi connectivity index (χ1v) is 7.37. The van der Waals surface area contributed by atoms with Gasteiger partial charge in [-0.25, -0.2) is 4.39 Å². The van der Waals surface area contributed by atoms with Crippen molar-refractivity contribution >= 4 is 34.4 Å². The van der Waals surface area contributed by atoms with Crippen LogP contribution in [0.2, 0.25) is 0 Å². The Morgan fingerprint density at radius 1 is 1.33 bits per heavy atom. The van der Waals surface area contributed by atoms with E-state index in [4.69, 9.17) is 0 Å². The summed E-state index contributed by atoms with van der Waals surface area (Å²) in [5, 5.41) is 4.47. The second-order valence-electron chi connectivity index (χ2n) is 4.88. The Morgan fingerprint density at radius 3 is 2.86 bits per heavy atom. The number of ketones is 1. The largest absolute Gasteiger partial charge is 0.372 e. The molecule has 2 aromatic rings. The molecule has 108 valence electrons. The second kappa shape index (κ2) is 5.29. The first kappa shape index (κ1) is 13.8. The van der Waals surface area contributed by atoms with Crippen molar-refractivity contribution in [3.8, 4) is 0 Å². The fourth-order valence-corrected chi connectivity index (χ4v) is 3.00. The first-order chi connectivity index (χ1) is 10.1. The highest BCUT2D eigenvalue weighted by Gasteiger charge is 2.29. The molecule has 0 saturated carbocycles. The molecule has 1 N–H and O–H groups in total. The molecule has 4 nitrogen and oxygen atoms in total. The van der Waals surface area contributed by atoms with Crippen LogP contribution in [0.4, 0.5) is 15.8 Å². The first-order valence-electron chi connectivity index (χ1n) is 6.49. The number of amides is 1. The number of rotatable bonds is 4. The zero-order valence-corrected chi connectivity index (χ0v) is 12.2. The van der Waals surface area contributed by atoms with Gasteiger partial charge in [0.05, 0.1) is 16.9 Å². The molecule has 0 fully saturated rings. The van der Waals surface area contributed by atoms with Crippen molar-refractivity contribution in [2.45, 2.75) is 6.42 Å². The fourth-order valence-electron chi connectivity index (χ4n) is 2.30. The predicted octanol–water partition coefficient (Wildman–Crippen LogP) is 2.70. The lowest BCUT2D eigenvalue weighted by molar-refractivity contribution is -0.112. The Balaban J connectivity index is 1.81. The molecule has 3 rings (SSSR count). The summed E-state index contributed by atoms with van der Waals surface area (Å²) in [6.07, 6.45) is 0.815. The van der Waals surface area contributed by atoms with Crippen LogP contribution in [0.25, 0.3) is 0 Å². The third kappa shape index (κ3) is 2.54. The number of hydrogen-bond acceptors (Lipinski definition) is 4. The molecule has 0 atom stereocenters. The SMILES string of the molecule is CN(CCc1cccs1)c1cc2c(cc1F)C(=O)C(=O)N2. The smallest absolute Gasteiger partial charge is 0.296 e. The van der Waals surface area contributed by atoms with Crippen LogP contribution in [0, 0.1) is 5.82 Å².